The summed E-state index contributed by atoms with van der Waals surface area (Å²) in [6, 6.07) is 12.0. The second-order valence-corrected chi connectivity index (χ2v) is 8.41. The van der Waals surface area contributed by atoms with E-state index in [1.54, 1.807) is 62.1 Å². The summed E-state index contributed by atoms with van der Waals surface area (Å²) in [6.45, 7) is 7.76. The van der Waals surface area contributed by atoms with Gasteiger partial charge in [0.2, 0.25) is 0 Å². The lowest BCUT2D eigenvalue weighted by molar-refractivity contribution is -0.121. The normalized spacial score (nSPS) is 13.1. The van der Waals surface area contributed by atoms with Gasteiger partial charge in [-0.25, -0.2) is 9.59 Å². The molecule has 8 heteroatoms. The van der Waals surface area contributed by atoms with Crippen molar-refractivity contribution in [3.63, 3.8) is 0 Å². The highest BCUT2D eigenvalue weighted by Crippen LogP contribution is 2.35. The summed E-state index contributed by atoms with van der Waals surface area (Å²) in [4.78, 5) is 38.5. The summed E-state index contributed by atoms with van der Waals surface area (Å²) in [5.41, 5.74) is 1.55. The first-order chi connectivity index (χ1) is 15.2. The molecular weight excluding hydrogens is 412 g/mol. The van der Waals surface area contributed by atoms with Crippen LogP contribution in [0.1, 0.15) is 50.0 Å². The fourth-order valence-electron chi connectivity index (χ4n) is 3.13. The maximum atomic E-state index is 12.6. The van der Waals surface area contributed by atoms with Crippen LogP contribution in [0.2, 0.25) is 0 Å². The van der Waals surface area contributed by atoms with Crippen LogP contribution >= 0.6 is 0 Å². The number of carbonyl (C=O) groups is 3. The van der Waals surface area contributed by atoms with Gasteiger partial charge < -0.3 is 19.1 Å². The van der Waals surface area contributed by atoms with Crippen molar-refractivity contribution >= 4 is 29.3 Å². The van der Waals surface area contributed by atoms with Crippen LogP contribution in [0.5, 0.6) is 5.75 Å². The highest BCUT2D eigenvalue weighted by atomic mass is 16.6. The van der Waals surface area contributed by atoms with Gasteiger partial charge in [0.15, 0.2) is 6.61 Å². The number of benzene rings is 2. The summed E-state index contributed by atoms with van der Waals surface area (Å²) < 4.78 is 16.0. The molecule has 0 spiro atoms. The molecule has 0 aromatic heterocycles. The fraction of sp³-hybridized carbons (Fsp3) is 0.375. The van der Waals surface area contributed by atoms with Crippen LogP contribution in [0, 0.1) is 0 Å². The molecule has 1 aliphatic heterocycles. The molecule has 0 aliphatic carbocycles. The second kappa shape index (κ2) is 9.72. The van der Waals surface area contributed by atoms with E-state index in [1.807, 2.05) is 13.0 Å². The number of amides is 2. The van der Waals surface area contributed by atoms with Gasteiger partial charge in [-0.2, -0.15) is 0 Å². The zero-order valence-corrected chi connectivity index (χ0v) is 18.8. The summed E-state index contributed by atoms with van der Waals surface area (Å²) in [5, 5.41) is 2.68. The zero-order chi connectivity index (χ0) is 23.3. The molecule has 2 aromatic rings. The van der Waals surface area contributed by atoms with Gasteiger partial charge in [0.25, 0.3) is 5.91 Å². The van der Waals surface area contributed by atoms with Crippen molar-refractivity contribution in [3.05, 3.63) is 53.6 Å². The molecule has 2 aromatic carbocycles. The Balaban J connectivity index is 1.81. The minimum Gasteiger partial charge on any atom is -0.482 e. The molecule has 170 valence electrons. The third-order valence-electron chi connectivity index (χ3n) is 4.49. The Hall–Kier alpha value is -3.55. The van der Waals surface area contributed by atoms with Crippen molar-refractivity contribution in [2.75, 3.05) is 23.4 Å². The molecule has 32 heavy (non-hydrogen) atoms. The number of rotatable bonds is 6. The minimum absolute atomic E-state index is 0.0932. The van der Waals surface area contributed by atoms with Crippen molar-refractivity contribution in [2.24, 2.45) is 0 Å². The van der Waals surface area contributed by atoms with Gasteiger partial charge in [-0.15, -0.1) is 0 Å². The maximum Gasteiger partial charge on any atom is 0.412 e. The summed E-state index contributed by atoms with van der Waals surface area (Å²) >= 11 is 0. The lowest BCUT2D eigenvalue weighted by Gasteiger charge is -2.30. The molecule has 1 N–H and O–H groups in total. The van der Waals surface area contributed by atoms with Gasteiger partial charge in [-0.3, -0.25) is 10.1 Å². The van der Waals surface area contributed by atoms with Crippen molar-refractivity contribution < 1.29 is 28.6 Å². The Morgan fingerprint density at radius 1 is 1.16 bits per heavy atom. The molecule has 0 fully saturated rings. The lowest BCUT2D eigenvalue weighted by Crippen LogP contribution is -2.38. The Morgan fingerprint density at radius 2 is 1.94 bits per heavy atom. The molecule has 0 saturated carbocycles. The number of esters is 1. The van der Waals surface area contributed by atoms with E-state index in [4.69, 9.17) is 14.2 Å². The van der Waals surface area contributed by atoms with E-state index in [9.17, 15) is 14.4 Å². The molecule has 0 bridgehead atoms. The number of carbonyl (C=O) groups excluding carboxylic acids is 3. The predicted molar refractivity (Wildman–Crippen MR) is 120 cm³/mol. The fourth-order valence-corrected chi connectivity index (χ4v) is 3.13. The number of nitrogens with one attached hydrogen (secondary N) is 1. The predicted octanol–water partition coefficient (Wildman–Crippen LogP) is 4.53. The lowest BCUT2D eigenvalue weighted by atomic mass is 10.1. The number of nitrogens with zero attached hydrogens (tertiary/aromatic N) is 1. The SMILES string of the molecule is CCCOC(=O)c1cccc(CN2C(=O)COc3ccc(NC(=O)OC(C)(C)C)cc32)c1. The van der Waals surface area contributed by atoms with Gasteiger partial charge in [-0.05, 0) is 63.1 Å². The Bertz CT molecular complexity index is 1010. The Morgan fingerprint density at radius 3 is 2.66 bits per heavy atom. The molecule has 0 radical (unpaired) electrons. The maximum absolute atomic E-state index is 12.6. The molecule has 1 aliphatic rings. The Kier molecular flexibility index (Phi) is 7.02. The monoisotopic (exact) mass is 440 g/mol. The van der Waals surface area contributed by atoms with E-state index in [1.165, 1.54) is 0 Å². The van der Waals surface area contributed by atoms with Crippen LogP contribution in [-0.4, -0.2) is 36.8 Å². The molecule has 8 nitrogen and oxygen atoms in total. The van der Waals surface area contributed by atoms with Crippen LogP contribution in [0.3, 0.4) is 0 Å². The smallest absolute Gasteiger partial charge is 0.412 e. The number of anilines is 2. The molecule has 3 rings (SSSR count). The number of hydrogen-bond donors (Lipinski definition) is 1. The van der Waals surface area contributed by atoms with Crippen molar-refractivity contribution in [1.82, 2.24) is 0 Å². The van der Waals surface area contributed by atoms with Crippen LogP contribution < -0.4 is 15.0 Å². The molecular formula is C24H28N2O6. The van der Waals surface area contributed by atoms with Crippen LogP contribution in [-0.2, 0) is 20.8 Å². The van der Waals surface area contributed by atoms with E-state index in [0.717, 1.165) is 12.0 Å². The number of ether oxygens (including phenoxy) is 3. The molecule has 0 saturated heterocycles. The minimum atomic E-state index is -0.632. The van der Waals surface area contributed by atoms with Crippen molar-refractivity contribution in [2.45, 2.75) is 46.3 Å². The third-order valence-corrected chi connectivity index (χ3v) is 4.49. The standard InChI is InChI=1S/C24H28N2O6/c1-5-11-30-22(28)17-8-6-7-16(12-17)14-26-19-13-18(25-23(29)32-24(2,3)4)9-10-20(19)31-15-21(26)27/h6-10,12-13H,5,11,14-15H2,1-4H3,(H,25,29). The van der Waals surface area contributed by atoms with E-state index < -0.39 is 17.7 Å². The average molecular weight is 440 g/mol. The summed E-state index contributed by atoms with van der Waals surface area (Å²) in [5.74, 6) is -0.102. The largest absolute Gasteiger partial charge is 0.482 e. The van der Waals surface area contributed by atoms with E-state index in [2.05, 4.69) is 5.32 Å². The third kappa shape index (κ3) is 6.00. The average Bonchev–Trinajstić information content (AvgIpc) is 2.73. The van der Waals surface area contributed by atoms with Gasteiger partial charge in [0.05, 0.1) is 24.4 Å². The topological polar surface area (TPSA) is 94.2 Å². The van der Waals surface area contributed by atoms with Crippen molar-refractivity contribution in [3.8, 4) is 5.75 Å². The van der Waals surface area contributed by atoms with Crippen molar-refractivity contribution in [1.29, 1.82) is 0 Å². The zero-order valence-electron chi connectivity index (χ0n) is 18.8. The first-order valence-electron chi connectivity index (χ1n) is 10.5. The molecule has 2 amide bonds. The summed E-state index contributed by atoms with van der Waals surface area (Å²) in [7, 11) is 0. The number of fused-ring (bicyclic) bond motifs is 1. The molecule has 1 heterocycles. The van der Waals surface area contributed by atoms with Gasteiger partial charge in [-0.1, -0.05) is 19.1 Å². The van der Waals surface area contributed by atoms with Crippen LogP contribution in [0.4, 0.5) is 16.2 Å². The van der Waals surface area contributed by atoms with E-state index in [-0.39, 0.29) is 19.1 Å². The highest BCUT2D eigenvalue weighted by Gasteiger charge is 2.27. The quantitative estimate of drug-likeness (QED) is 0.664. The summed E-state index contributed by atoms with van der Waals surface area (Å²) in [6.07, 6.45) is 0.148. The van der Waals surface area contributed by atoms with E-state index in [0.29, 0.717) is 29.3 Å². The Labute approximate surface area is 187 Å². The van der Waals surface area contributed by atoms with Crippen LogP contribution in [0.25, 0.3) is 0 Å². The van der Waals surface area contributed by atoms with Gasteiger partial charge >= 0.3 is 12.1 Å². The second-order valence-electron chi connectivity index (χ2n) is 8.41. The van der Waals surface area contributed by atoms with Gasteiger partial charge in [0.1, 0.15) is 11.4 Å². The van der Waals surface area contributed by atoms with Gasteiger partial charge in [0, 0.05) is 5.69 Å². The van der Waals surface area contributed by atoms with Crippen LogP contribution in [0.15, 0.2) is 42.5 Å². The highest BCUT2D eigenvalue weighted by molar-refractivity contribution is 5.99. The number of hydrogen-bond acceptors (Lipinski definition) is 6. The molecule has 0 atom stereocenters. The molecule has 0 unspecified atom stereocenters. The first kappa shape index (κ1) is 23.1. The van der Waals surface area contributed by atoms with E-state index >= 15 is 0 Å². The first-order valence-corrected chi connectivity index (χ1v) is 10.5.